The molecule has 0 unspecified atom stereocenters. The Morgan fingerprint density at radius 2 is 1.93 bits per heavy atom. The van der Waals surface area contributed by atoms with Crippen molar-refractivity contribution in [1.29, 1.82) is 5.26 Å². The molecule has 146 valence electrons. The largest absolute Gasteiger partial charge is 0.356 e. The fraction of sp³-hybridized carbons (Fsp3) is 0.350. The van der Waals surface area contributed by atoms with Crippen LogP contribution in [0.15, 0.2) is 47.5 Å². The Hall–Kier alpha value is -2.76. The summed E-state index contributed by atoms with van der Waals surface area (Å²) in [5.74, 6) is 0.808. The lowest BCUT2D eigenvalue weighted by atomic mass is 9.97. The first-order valence-electron chi connectivity index (χ1n) is 9.11. The van der Waals surface area contributed by atoms with Crippen LogP contribution < -0.4 is 9.62 Å². The number of benzene rings is 1. The number of rotatable bonds is 6. The highest BCUT2D eigenvalue weighted by molar-refractivity contribution is 7.89. The maximum atomic E-state index is 12.5. The number of piperidine rings is 1. The van der Waals surface area contributed by atoms with Gasteiger partial charge >= 0.3 is 0 Å². The highest BCUT2D eigenvalue weighted by Crippen LogP contribution is 2.24. The van der Waals surface area contributed by atoms with E-state index in [-0.39, 0.29) is 16.6 Å². The summed E-state index contributed by atoms with van der Waals surface area (Å²) >= 11 is 0. The summed E-state index contributed by atoms with van der Waals surface area (Å²) in [5.41, 5.74) is 1.04. The molecule has 2 aromatic rings. The Bertz CT molecular complexity index is 989. The second kappa shape index (κ2) is 8.50. The van der Waals surface area contributed by atoms with Crippen molar-refractivity contribution >= 4 is 21.6 Å². The number of Topliss-reactive ketones (excluding diaryl/α,β-unsaturated/α-hetero) is 1. The smallest absolute Gasteiger partial charge is 0.240 e. The number of nitriles is 1. The number of carbonyl (C=O) groups excluding carboxylic acids is 1. The van der Waals surface area contributed by atoms with Crippen LogP contribution in [-0.4, -0.2) is 38.8 Å². The Kier molecular flexibility index (Phi) is 6.07. The third kappa shape index (κ3) is 4.55. The summed E-state index contributed by atoms with van der Waals surface area (Å²) in [6.45, 7) is 3.26. The summed E-state index contributed by atoms with van der Waals surface area (Å²) in [5, 5.41) is 9.22. The zero-order chi connectivity index (χ0) is 20.1. The molecule has 0 spiro atoms. The predicted octanol–water partition coefficient (Wildman–Crippen LogP) is 2.35. The Morgan fingerprint density at radius 3 is 2.54 bits per heavy atom. The van der Waals surface area contributed by atoms with Gasteiger partial charge in [-0.2, -0.15) is 5.26 Å². The van der Waals surface area contributed by atoms with Crippen LogP contribution >= 0.6 is 0 Å². The molecule has 8 heteroatoms. The van der Waals surface area contributed by atoms with Crippen LogP contribution in [0, 0.1) is 17.2 Å². The lowest BCUT2D eigenvalue weighted by Crippen LogP contribution is -2.39. The van der Waals surface area contributed by atoms with E-state index in [1.807, 2.05) is 0 Å². The molecule has 0 bridgehead atoms. The van der Waals surface area contributed by atoms with Gasteiger partial charge in [0.15, 0.2) is 5.78 Å². The van der Waals surface area contributed by atoms with Gasteiger partial charge in [-0.15, -0.1) is 0 Å². The number of carbonyl (C=O) groups is 1. The van der Waals surface area contributed by atoms with Crippen LogP contribution in [0.2, 0.25) is 0 Å². The minimum Gasteiger partial charge on any atom is -0.356 e. The molecule has 1 fully saturated rings. The van der Waals surface area contributed by atoms with Gasteiger partial charge in [-0.25, -0.2) is 18.1 Å². The monoisotopic (exact) mass is 398 g/mol. The number of sulfonamides is 1. The molecule has 1 aromatic heterocycles. The van der Waals surface area contributed by atoms with Crippen molar-refractivity contribution in [1.82, 2.24) is 9.71 Å². The van der Waals surface area contributed by atoms with Crippen molar-refractivity contribution in [3.63, 3.8) is 0 Å². The number of nitrogens with zero attached hydrogens (tertiary/aromatic N) is 3. The number of aromatic nitrogens is 1. The van der Waals surface area contributed by atoms with Crippen molar-refractivity contribution in [3.05, 3.63) is 53.7 Å². The molecule has 0 aliphatic carbocycles. The average Bonchev–Trinajstić information content (AvgIpc) is 2.72. The fourth-order valence-electron chi connectivity index (χ4n) is 3.26. The lowest BCUT2D eigenvalue weighted by molar-refractivity contribution is 0.101. The van der Waals surface area contributed by atoms with E-state index in [1.165, 1.54) is 31.2 Å². The van der Waals surface area contributed by atoms with Gasteiger partial charge in [0.2, 0.25) is 10.0 Å². The molecule has 0 saturated carbocycles. The van der Waals surface area contributed by atoms with Gasteiger partial charge in [0, 0.05) is 31.4 Å². The van der Waals surface area contributed by atoms with Crippen molar-refractivity contribution in [2.75, 3.05) is 24.5 Å². The summed E-state index contributed by atoms with van der Waals surface area (Å²) in [6.07, 6.45) is 3.30. The van der Waals surface area contributed by atoms with E-state index in [9.17, 15) is 18.5 Å². The van der Waals surface area contributed by atoms with Gasteiger partial charge in [-0.3, -0.25) is 4.79 Å². The maximum Gasteiger partial charge on any atom is 0.240 e. The predicted molar refractivity (Wildman–Crippen MR) is 106 cm³/mol. The van der Waals surface area contributed by atoms with Crippen molar-refractivity contribution in [3.8, 4) is 6.07 Å². The number of anilines is 1. The van der Waals surface area contributed by atoms with Crippen LogP contribution in [0.4, 0.5) is 5.82 Å². The second-order valence-corrected chi connectivity index (χ2v) is 8.62. The first kappa shape index (κ1) is 20.0. The van der Waals surface area contributed by atoms with Crippen LogP contribution in [0.5, 0.6) is 0 Å². The summed E-state index contributed by atoms with van der Waals surface area (Å²) < 4.78 is 27.6. The third-order valence-electron chi connectivity index (χ3n) is 4.95. The minimum atomic E-state index is -3.61. The Balaban J connectivity index is 1.56. The molecule has 1 aliphatic rings. The zero-order valence-corrected chi connectivity index (χ0v) is 16.4. The van der Waals surface area contributed by atoms with Crippen LogP contribution in [0.25, 0.3) is 0 Å². The van der Waals surface area contributed by atoms with Crippen molar-refractivity contribution in [2.45, 2.75) is 24.7 Å². The van der Waals surface area contributed by atoms with Gasteiger partial charge in [0.1, 0.15) is 11.9 Å². The lowest BCUT2D eigenvalue weighted by Gasteiger charge is -2.33. The molecule has 1 N–H and O–H groups in total. The third-order valence-corrected chi connectivity index (χ3v) is 6.39. The van der Waals surface area contributed by atoms with E-state index in [1.54, 1.807) is 18.3 Å². The quantitative estimate of drug-likeness (QED) is 0.749. The van der Waals surface area contributed by atoms with Crippen LogP contribution in [-0.2, 0) is 10.0 Å². The number of hydrogen-bond acceptors (Lipinski definition) is 6. The van der Waals surface area contributed by atoms with E-state index in [4.69, 9.17) is 0 Å². The Morgan fingerprint density at radius 1 is 1.25 bits per heavy atom. The van der Waals surface area contributed by atoms with Gasteiger partial charge in [0.25, 0.3) is 0 Å². The SMILES string of the molecule is CC(=O)c1ccc(S(=O)(=O)NCC2CCN(c3ncccc3C#N)CC2)cc1. The highest BCUT2D eigenvalue weighted by Gasteiger charge is 2.24. The average molecular weight is 398 g/mol. The topological polar surface area (TPSA) is 103 Å². The van der Waals surface area contributed by atoms with E-state index < -0.39 is 10.0 Å². The minimum absolute atomic E-state index is 0.101. The molecule has 28 heavy (non-hydrogen) atoms. The molecule has 1 aliphatic heterocycles. The van der Waals surface area contributed by atoms with E-state index >= 15 is 0 Å². The number of nitrogens with one attached hydrogen (secondary N) is 1. The van der Waals surface area contributed by atoms with Crippen LogP contribution in [0.1, 0.15) is 35.7 Å². The molecule has 0 atom stereocenters. The molecule has 2 heterocycles. The number of ketones is 1. The fourth-order valence-corrected chi connectivity index (χ4v) is 4.38. The zero-order valence-electron chi connectivity index (χ0n) is 15.6. The molecular formula is C20H22N4O3S. The first-order valence-corrected chi connectivity index (χ1v) is 10.6. The molecule has 0 amide bonds. The second-order valence-electron chi connectivity index (χ2n) is 6.85. The van der Waals surface area contributed by atoms with Gasteiger partial charge in [0.05, 0.1) is 10.5 Å². The molecule has 0 radical (unpaired) electrons. The maximum absolute atomic E-state index is 12.5. The normalized spacial score (nSPS) is 15.2. The van der Waals surface area contributed by atoms with E-state index in [0.717, 1.165) is 25.9 Å². The standard InChI is InChI=1S/C20H22N4O3S/c1-15(25)17-4-6-19(7-5-17)28(26,27)23-14-16-8-11-24(12-9-16)20-18(13-21)3-2-10-22-20/h2-7,10,16,23H,8-9,11-12,14H2,1H3. The van der Waals surface area contributed by atoms with Crippen molar-refractivity contribution in [2.24, 2.45) is 5.92 Å². The molecule has 3 rings (SSSR count). The van der Waals surface area contributed by atoms with Gasteiger partial charge in [-0.1, -0.05) is 12.1 Å². The molecule has 7 nitrogen and oxygen atoms in total. The number of pyridine rings is 1. The first-order chi connectivity index (χ1) is 13.4. The van der Waals surface area contributed by atoms with E-state index in [0.29, 0.717) is 23.5 Å². The number of hydrogen-bond donors (Lipinski definition) is 1. The Labute approximate surface area is 165 Å². The molecular weight excluding hydrogens is 376 g/mol. The van der Waals surface area contributed by atoms with Crippen molar-refractivity contribution < 1.29 is 13.2 Å². The summed E-state index contributed by atoms with van der Waals surface area (Å²) in [7, 11) is -3.61. The summed E-state index contributed by atoms with van der Waals surface area (Å²) in [6, 6.07) is 11.6. The summed E-state index contributed by atoms with van der Waals surface area (Å²) in [4.78, 5) is 17.9. The van der Waals surface area contributed by atoms with Crippen LogP contribution in [0.3, 0.4) is 0 Å². The molecule has 1 aromatic carbocycles. The van der Waals surface area contributed by atoms with Gasteiger partial charge < -0.3 is 4.90 Å². The molecule has 1 saturated heterocycles. The highest BCUT2D eigenvalue weighted by atomic mass is 32.2. The van der Waals surface area contributed by atoms with E-state index in [2.05, 4.69) is 20.7 Å². The van der Waals surface area contributed by atoms with Gasteiger partial charge in [-0.05, 0) is 49.9 Å².